The second-order valence-corrected chi connectivity index (χ2v) is 13.2. The number of carbonyl (C=O) groups is 2. The molecule has 5 rings (SSSR count). The number of ether oxygens (including phenoxy) is 2. The van der Waals surface area contributed by atoms with Crippen LogP contribution in [0.5, 0.6) is 0 Å². The topological polar surface area (TPSA) is 108 Å². The maximum absolute atomic E-state index is 13.8. The Morgan fingerprint density at radius 3 is 1.92 bits per heavy atom. The van der Waals surface area contributed by atoms with Crippen LogP contribution in [0.25, 0.3) is 0 Å². The minimum atomic E-state index is -5.00. The number of piperidine rings is 1. The molecule has 3 heterocycles. The fourth-order valence-corrected chi connectivity index (χ4v) is 7.28. The van der Waals surface area contributed by atoms with E-state index < -0.39 is 53.6 Å². The predicted octanol–water partition coefficient (Wildman–Crippen LogP) is 7.16. The normalized spacial score (nSPS) is 24.9. The molecule has 2 saturated heterocycles. The minimum absolute atomic E-state index is 0.111. The van der Waals surface area contributed by atoms with Gasteiger partial charge in [-0.1, -0.05) is 13.8 Å². The molecular formula is C34H43F6N5O5. The molecule has 10 nitrogen and oxygen atoms in total. The molecule has 2 unspecified atom stereocenters. The highest BCUT2D eigenvalue weighted by Crippen LogP contribution is 2.39. The number of benzene rings is 1. The number of morpholine rings is 1. The lowest BCUT2D eigenvalue weighted by Crippen LogP contribution is -2.57. The number of aromatic nitrogens is 2. The molecule has 1 aliphatic carbocycles. The second-order valence-electron chi connectivity index (χ2n) is 13.2. The Morgan fingerprint density at radius 1 is 0.900 bits per heavy atom. The Bertz CT molecular complexity index is 1420. The van der Waals surface area contributed by atoms with Gasteiger partial charge in [0.15, 0.2) is 0 Å². The van der Waals surface area contributed by atoms with Crippen molar-refractivity contribution in [3.05, 3.63) is 47.3 Å². The van der Waals surface area contributed by atoms with Crippen LogP contribution < -0.4 is 9.80 Å². The van der Waals surface area contributed by atoms with Gasteiger partial charge in [0.2, 0.25) is 5.95 Å². The highest BCUT2D eigenvalue weighted by Gasteiger charge is 2.42. The number of nitrogens with zero attached hydrogens (tertiary/aromatic N) is 5. The molecule has 1 N–H and O–H groups in total. The van der Waals surface area contributed by atoms with Gasteiger partial charge in [-0.2, -0.15) is 26.3 Å². The van der Waals surface area contributed by atoms with E-state index in [0.29, 0.717) is 83.4 Å². The predicted molar refractivity (Wildman–Crippen MR) is 171 cm³/mol. The molecule has 0 bridgehead atoms. The van der Waals surface area contributed by atoms with Crippen molar-refractivity contribution in [3.63, 3.8) is 0 Å². The Hall–Kier alpha value is -3.82. The number of aliphatic carboxylic acids is 1. The van der Waals surface area contributed by atoms with Crippen molar-refractivity contribution < 1.29 is 50.5 Å². The summed E-state index contributed by atoms with van der Waals surface area (Å²) < 4.78 is 94.2. The summed E-state index contributed by atoms with van der Waals surface area (Å²) in [6.45, 7) is 5.74. The molecule has 0 radical (unpaired) electrons. The molecule has 0 spiro atoms. The van der Waals surface area contributed by atoms with Crippen molar-refractivity contribution in [2.45, 2.75) is 108 Å². The van der Waals surface area contributed by atoms with Crippen LogP contribution in [0, 0.1) is 5.92 Å². The molecule has 50 heavy (non-hydrogen) atoms. The molecule has 1 amide bonds. The summed E-state index contributed by atoms with van der Waals surface area (Å²) in [5.74, 6) is -1.18. The number of anilines is 2. The van der Waals surface area contributed by atoms with Gasteiger partial charge in [-0.25, -0.2) is 14.8 Å². The molecule has 1 aromatic carbocycles. The van der Waals surface area contributed by atoms with Gasteiger partial charge < -0.3 is 29.3 Å². The lowest BCUT2D eigenvalue weighted by atomic mass is 9.87. The van der Waals surface area contributed by atoms with Gasteiger partial charge in [0, 0.05) is 37.8 Å². The summed E-state index contributed by atoms with van der Waals surface area (Å²) in [7, 11) is 0. The molecule has 276 valence electrons. The van der Waals surface area contributed by atoms with E-state index >= 15 is 0 Å². The van der Waals surface area contributed by atoms with Crippen molar-refractivity contribution in [1.82, 2.24) is 14.9 Å². The lowest BCUT2D eigenvalue weighted by Gasteiger charge is -2.47. The number of amides is 1. The van der Waals surface area contributed by atoms with Gasteiger partial charge in [0.05, 0.1) is 48.3 Å². The average Bonchev–Trinajstić information content (AvgIpc) is 3.09. The van der Waals surface area contributed by atoms with Crippen LogP contribution in [0.3, 0.4) is 0 Å². The number of hydrogen-bond donors (Lipinski definition) is 1. The van der Waals surface area contributed by atoms with Crippen molar-refractivity contribution in [3.8, 4) is 0 Å². The van der Waals surface area contributed by atoms with Crippen LogP contribution in [0.2, 0.25) is 0 Å². The highest BCUT2D eigenvalue weighted by atomic mass is 19.4. The fourth-order valence-electron chi connectivity index (χ4n) is 7.28. The largest absolute Gasteiger partial charge is 0.481 e. The summed E-state index contributed by atoms with van der Waals surface area (Å²) in [5, 5.41) is 9.32. The number of carboxylic acids is 1. The lowest BCUT2D eigenvalue weighted by molar-refractivity contribution is -0.144. The monoisotopic (exact) mass is 715 g/mol. The van der Waals surface area contributed by atoms with E-state index in [4.69, 9.17) is 9.47 Å². The van der Waals surface area contributed by atoms with Gasteiger partial charge in [0.25, 0.3) is 0 Å². The molecule has 2 aromatic rings. The number of carbonyl (C=O) groups excluding carboxylic acids is 1. The molecule has 1 saturated carbocycles. The Labute approximate surface area is 286 Å². The summed E-state index contributed by atoms with van der Waals surface area (Å²) in [6, 6.07) is 0.403. The Kier molecular flexibility index (Phi) is 11.7. The van der Waals surface area contributed by atoms with Crippen molar-refractivity contribution >= 4 is 23.7 Å². The Balaban J connectivity index is 1.44. The van der Waals surface area contributed by atoms with Crippen LogP contribution in [0.4, 0.5) is 42.8 Å². The number of carboxylic acid groups (broad SMARTS) is 1. The third-order valence-corrected chi connectivity index (χ3v) is 10.0. The highest BCUT2D eigenvalue weighted by molar-refractivity contribution is 5.70. The average molecular weight is 716 g/mol. The summed E-state index contributed by atoms with van der Waals surface area (Å²) >= 11 is 0. The zero-order chi connectivity index (χ0) is 36.2. The Morgan fingerprint density at radius 2 is 1.44 bits per heavy atom. The fraction of sp³-hybridized carbons (Fsp3) is 0.647. The first kappa shape index (κ1) is 37.4. The zero-order valence-corrected chi connectivity index (χ0v) is 28.0. The van der Waals surface area contributed by atoms with E-state index in [0.717, 1.165) is 12.1 Å². The summed E-state index contributed by atoms with van der Waals surface area (Å²) in [6.07, 6.45) is -4.33. The van der Waals surface area contributed by atoms with Crippen molar-refractivity contribution in [2.24, 2.45) is 5.92 Å². The molecular weight excluding hydrogens is 672 g/mol. The van der Waals surface area contributed by atoms with Crippen molar-refractivity contribution in [1.29, 1.82) is 0 Å². The number of halogens is 6. The van der Waals surface area contributed by atoms with Crippen molar-refractivity contribution in [2.75, 3.05) is 36.1 Å². The number of likely N-dealkylation sites (tertiary alicyclic amines) is 1. The van der Waals surface area contributed by atoms with E-state index in [1.165, 1.54) is 0 Å². The molecule has 16 heteroatoms. The molecule has 2 aliphatic heterocycles. The first-order valence-corrected chi connectivity index (χ1v) is 17.1. The number of hydrogen-bond acceptors (Lipinski definition) is 8. The number of rotatable bonds is 9. The minimum Gasteiger partial charge on any atom is -0.481 e. The smallest absolute Gasteiger partial charge is 0.416 e. The molecule has 3 aliphatic rings. The van der Waals surface area contributed by atoms with Gasteiger partial charge in [0.1, 0.15) is 6.10 Å². The first-order chi connectivity index (χ1) is 23.7. The summed E-state index contributed by atoms with van der Waals surface area (Å²) in [4.78, 5) is 39.5. The SMILES string of the molecule is CCC1CC(N(Cc2cc(C(F)(F)F)cc(C(F)(F)F)c2)c2ncc(N3CCOCC3)cn2)C[C@H](CC)N1C(=O)O[C@H]1CC[C@H](C(=O)O)CC1. The quantitative estimate of drug-likeness (QED) is 0.271. The van der Waals surface area contributed by atoms with Crippen LogP contribution >= 0.6 is 0 Å². The van der Waals surface area contributed by atoms with Gasteiger partial charge in [-0.15, -0.1) is 0 Å². The molecule has 1 aromatic heterocycles. The van der Waals surface area contributed by atoms with Crippen LogP contribution in [0.1, 0.15) is 81.9 Å². The first-order valence-electron chi connectivity index (χ1n) is 17.1. The maximum Gasteiger partial charge on any atom is 0.416 e. The zero-order valence-electron chi connectivity index (χ0n) is 28.0. The van der Waals surface area contributed by atoms with E-state index in [1.54, 1.807) is 22.2 Å². The van der Waals surface area contributed by atoms with Gasteiger partial charge in [-0.3, -0.25) is 4.79 Å². The summed E-state index contributed by atoms with van der Waals surface area (Å²) in [5.41, 5.74) is -2.30. The van der Waals surface area contributed by atoms with Gasteiger partial charge >= 0.3 is 24.4 Å². The van der Waals surface area contributed by atoms with Gasteiger partial charge in [-0.05, 0) is 75.1 Å². The molecule has 3 fully saturated rings. The third-order valence-electron chi connectivity index (χ3n) is 10.0. The van der Waals surface area contributed by atoms with E-state index in [9.17, 15) is 41.0 Å². The maximum atomic E-state index is 13.8. The second kappa shape index (κ2) is 15.6. The van der Waals surface area contributed by atoms with Crippen LogP contribution in [0.15, 0.2) is 30.6 Å². The number of alkyl halides is 6. The van der Waals surface area contributed by atoms with E-state index in [-0.39, 0.29) is 36.2 Å². The van der Waals surface area contributed by atoms with E-state index in [2.05, 4.69) is 9.97 Å². The van der Waals surface area contributed by atoms with Crippen LogP contribution in [-0.2, 0) is 33.2 Å². The van der Waals surface area contributed by atoms with Crippen LogP contribution in [-0.4, -0.2) is 82.6 Å². The third kappa shape index (κ3) is 8.90. The molecule has 3 atom stereocenters. The van der Waals surface area contributed by atoms with E-state index in [1.807, 2.05) is 18.7 Å². The standard InChI is InChI=1S/C34H43F6N5O5/c1-3-25-16-27(17-26(4-2)45(25)32(48)50-29-7-5-22(6-8-29)30(46)47)44(31-41-18-28(19-42-31)43-9-11-49-12-10-43)20-21-13-23(33(35,36)37)15-24(14-21)34(38,39)40/h13-15,18-19,22,25-27,29H,3-12,16-17,20H2,1-2H3,(H,46,47)/t22-,25-,26?,27?,29-/m0/s1.